The number of pyridine rings is 1. The Bertz CT molecular complexity index is 901. The molecule has 31 heavy (non-hydrogen) atoms. The summed E-state index contributed by atoms with van der Waals surface area (Å²) < 4.78 is 15.2. The predicted molar refractivity (Wildman–Crippen MR) is 118 cm³/mol. The number of hydrogen-bond acceptors (Lipinski definition) is 6. The molecule has 2 aliphatic carbocycles. The van der Waals surface area contributed by atoms with Gasteiger partial charge in [-0.15, -0.1) is 0 Å². The molecule has 8 nitrogen and oxygen atoms in total. The summed E-state index contributed by atoms with van der Waals surface area (Å²) in [6.07, 6.45) is 13.3. The molecule has 0 unspecified atom stereocenters. The van der Waals surface area contributed by atoms with E-state index in [4.69, 9.17) is 11.5 Å². The number of primary amides is 1. The molecular formula is C22H32FN7O. The number of aromatic nitrogens is 3. The zero-order valence-corrected chi connectivity index (χ0v) is 17.8. The number of nitrogens with two attached hydrogens (primary N) is 2. The van der Waals surface area contributed by atoms with Crippen LogP contribution in [0.2, 0.25) is 0 Å². The average Bonchev–Trinajstić information content (AvgIpc) is 3.20. The molecule has 0 spiro atoms. The molecule has 6 N–H and O–H groups in total. The highest BCUT2D eigenvalue weighted by molar-refractivity contribution is 5.98. The van der Waals surface area contributed by atoms with Crippen LogP contribution in [0.4, 0.5) is 15.9 Å². The first kappa shape index (κ1) is 21.7. The standard InChI is InChI=1S/C22H32FN7O/c23-19-12-17(8-11-26-19)28-21-18(20(25)31)13-30(29-21)22(14-24)9-6-16(7-10-22)27-15-4-2-1-3-5-15/h8,11-13,15-16,27H,1-7,9-10,14,24H2,(H2,25,31)(H,26,28,29). The topological polar surface area (TPSA) is 124 Å². The third-order valence-corrected chi connectivity index (χ3v) is 6.83. The van der Waals surface area contributed by atoms with E-state index in [1.807, 2.05) is 0 Å². The van der Waals surface area contributed by atoms with Crippen LogP contribution in [0.3, 0.4) is 0 Å². The summed E-state index contributed by atoms with van der Waals surface area (Å²) >= 11 is 0. The van der Waals surface area contributed by atoms with Crippen LogP contribution >= 0.6 is 0 Å². The molecule has 2 aliphatic rings. The van der Waals surface area contributed by atoms with E-state index in [9.17, 15) is 9.18 Å². The molecule has 2 saturated carbocycles. The van der Waals surface area contributed by atoms with Crippen molar-refractivity contribution in [3.8, 4) is 0 Å². The van der Waals surface area contributed by atoms with Crippen molar-refractivity contribution in [2.24, 2.45) is 11.5 Å². The number of amides is 1. The van der Waals surface area contributed by atoms with Crippen LogP contribution in [-0.4, -0.2) is 39.3 Å². The third kappa shape index (κ3) is 4.88. The van der Waals surface area contributed by atoms with Gasteiger partial charge in [-0.25, -0.2) is 4.98 Å². The number of carbonyl (C=O) groups is 1. The van der Waals surface area contributed by atoms with Crippen LogP contribution in [-0.2, 0) is 5.54 Å². The van der Waals surface area contributed by atoms with Gasteiger partial charge in [-0.05, 0) is 44.6 Å². The normalized spacial score (nSPS) is 24.8. The SMILES string of the molecule is NCC1(n2cc(C(N)=O)c(Nc3ccnc(F)c3)n2)CCC(NC2CCCCC2)CC1. The van der Waals surface area contributed by atoms with Crippen molar-refractivity contribution in [1.82, 2.24) is 20.1 Å². The number of anilines is 2. The molecule has 0 saturated heterocycles. The van der Waals surface area contributed by atoms with E-state index in [0.717, 1.165) is 25.7 Å². The minimum atomic E-state index is -0.618. The molecule has 0 atom stereocenters. The number of rotatable bonds is 7. The lowest BCUT2D eigenvalue weighted by molar-refractivity contribution is 0.1000. The second-order valence-electron chi connectivity index (χ2n) is 8.90. The highest BCUT2D eigenvalue weighted by Crippen LogP contribution is 2.36. The summed E-state index contributed by atoms with van der Waals surface area (Å²) in [5.74, 6) is -0.913. The Morgan fingerprint density at radius 2 is 1.90 bits per heavy atom. The lowest BCUT2D eigenvalue weighted by atomic mass is 9.79. The van der Waals surface area contributed by atoms with Crippen LogP contribution < -0.4 is 22.1 Å². The van der Waals surface area contributed by atoms with Gasteiger partial charge in [0.1, 0.15) is 5.56 Å². The molecule has 9 heteroatoms. The molecule has 2 aromatic heterocycles. The minimum absolute atomic E-state index is 0.257. The number of nitrogens with one attached hydrogen (secondary N) is 2. The molecule has 0 radical (unpaired) electrons. The monoisotopic (exact) mass is 429 g/mol. The van der Waals surface area contributed by atoms with Gasteiger partial charge in [-0.1, -0.05) is 19.3 Å². The van der Waals surface area contributed by atoms with E-state index in [0.29, 0.717) is 30.1 Å². The summed E-state index contributed by atoms with van der Waals surface area (Å²) in [5.41, 5.74) is 12.2. The fraction of sp³-hybridized carbons (Fsp3) is 0.591. The van der Waals surface area contributed by atoms with Crippen molar-refractivity contribution in [3.05, 3.63) is 36.0 Å². The van der Waals surface area contributed by atoms with E-state index < -0.39 is 11.9 Å². The predicted octanol–water partition coefficient (Wildman–Crippen LogP) is 2.78. The van der Waals surface area contributed by atoms with Crippen LogP contribution in [0.15, 0.2) is 24.5 Å². The average molecular weight is 430 g/mol. The molecule has 2 heterocycles. The van der Waals surface area contributed by atoms with E-state index >= 15 is 0 Å². The molecular weight excluding hydrogens is 397 g/mol. The number of hydrogen-bond donors (Lipinski definition) is 4. The molecule has 168 valence electrons. The third-order valence-electron chi connectivity index (χ3n) is 6.83. The van der Waals surface area contributed by atoms with E-state index in [2.05, 4.69) is 20.7 Å². The Morgan fingerprint density at radius 1 is 1.19 bits per heavy atom. The zero-order chi connectivity index (χ0) is 21.8. The van der Waals surface area contributed by atoms with Gasteiger partial charge in [0.2, 0.25) is 5.95 Å². The summed E-state index contributed by atoms with van der Waals surface area (Å²) in [7, 11) is 0. The first-order valence-electron chi connectivity index (χ1n) is 11.2. The minimum Gasteiger partial charge on any atom is -0.365 e. The van der Waals surface area contributed by atoms with Crippen LogP contribution in [0.25, 0.3) is 0 Å². The molecule has 2 fully saturated rings. The van der Waals surface area contributed by atoms with E-state index in [1.165, 1.54) is 44.4 Å². The van der Waals surface area contributed by atoms with Crippen molar-refractivity contribution >= 4 is 17.4 Å². The van der Waals surface area contributed by atoms with Gasteiger partial charge >= 0.3 is 0 Å². The van der Waals surface area contributed by atoms with Crippen LogP contribution in [0, 0.1) is 5.95 Å². The van der Waals surface area contributed by atoms with Crippen molar-refractivity contribution in [2.45, 2.75) is 75.4 Å². The Hall–Kier alpha value is -2.52. The highest BCUT2D eigenvalue weighted by atomic mass is 19.1. The first-order valence-corrected chi connectivity index (χ1v) is 11.2. The quantitative estimate of drug-likeness (QED) is 0.502. The van der Waals surface area contributed by atoms with E-state index in [1.54, 1.807) is 16.9 Å². The van der Waals surface area contributed by atoms with Crippen molar-refractivity contribution in [3.63, 3.8) is 0 Å². The van der Waals surface area contributed by atoms with Gasteiger partial charge in [0.15, 0.2) is 5.82 Å². The number of carbonyl (C=O) groups excluding carboxylic acids is 1. The number of nitrogens with zero attached hydrogens (tertiary/aromatic N) is 3. The molecule has 2 aromatic rings. The van der Waals surface area contributed by atoms with Crippen molar-refractivity contribution in [2.75, 3.05) is 11.9 Å². The summed E-state index contributed by atoms with van der Waals surface area (Å²) in [5, 5.41) is 11.5. The summed E-state index contributed by atoms with van der Waals surface area (Å²) in [6, 6.07) is 3.97. The first-order chi connectivity index (χ1) is 15.0. The molecule has 0 aromatic carbocycles. The van der Waals surface area contributed by atoms with Gasteiger partial charge < -0.3 is 22.1 Å². The smallest absolute Gasteiger partial charge is 0.254 e. The van der Waals surface area contributed by atoms with Crippen molar-refractivity contribution < 1.29 is 9.18 Å². The lowest BCUT2D eigenvalue weighted by Gasteiger charge is -2.41. The second kappa shape index (κ2) is 9.32. The van der Waals surface area contributed by atoms with Gasteiger partial charge in [0.25, 0.3) is 5.91 Å². The highest BCUT2D eigenvalue weighted by Gasteiger charge is 2.38. The summed E-state index contributed by atoms with van der Waals surface area (Å²) in [6.45, 7) is 0.423. The Kier molecular flexibility index (Phi) is 6.52. The lowest BCUT2D eigenvalue weighted by Crippen LogP contribution is -2.49. The summed E-state index contributed by atoms with van der Waals surface area (Å²) in [4.78, 5) is 15.6. The van der Waals surface area contributed by atoms with Gasteiger partial charge in [-0.3, -0.25) is 9.48 Å². The molecule has 4 rings (SSSR count). The molecule has 1 amide bonds. The maximum Gasteiger partial charge on any atom is 0.254 e. The van der Waals surface area contributed by atoms with Crippen LogP contribution in [0.1, 0.15) is 68.1 Å². The zero-order valence-electron chi connectivity index (χ0n) is 17.8. The van der Waals surface area contributed by atoms with Gasteiger partial charge in [0.05, 0.1) is 5.54 Å². The maximum absolute atomic E-state index is 13.5. The Morgan fingerprint density at radius 3 is 2.55 bits per heavy atom. The van der Waals surface area contributed by atoms with Crippen molar-refractivity contribution in [1.29, 1.82) is 0 Å². The number of halogens is 1. The largest absolute Gasteiger partial charge is 0.365 e. The maximum atomic E-state index is 13.5. The van der Waals surface area contributed by atoms with Gasteiger partial charge in [-0.2, -0.15) is 9.49 Å². The van der Waals surface area contributed by atoms with Crippen LogP contribution in [0.5, 0.6) is 0 Å². The van der Waals surface area contributed by atoms with Gasteiger partial charge in [0, 0.05) is 42.8 Å². The second-order valence-corrected chi connectivity index (χ2v) is 8.90. The molecule has 0 aliphatic heterocycles. The Balaban J connectivity index is 1.50. The Labute approximate surface area is 182 Å². The fourth-order valence-corrected chi connectivity index (χ4v) is 4.96. The molecule has 0 bridgehead atoms. The fourth-order valence-electron chi connectivity index (χ4n) is 4.96. The van der Waals surface area contributed by atoms with E-state index in [-0.39, 0.29) is 11.1 Å².